The van der Waals surface area contributed by atoms with Gasteiger partial charge in [-0.1, -0.05) is 12.2 Å². The molecule has 0 radical (unpaired) electrons. The molecule has 3 nitrogen and oxygen atoms in total. The number of likely N-dealkylation sites (tertiary alicyclic amines) is 1. The summed E-state index contributed by atoms with van der Waals surface area (Å²) in [5, 5.41) is 0.116. The Morgan fingerprint density at radius 3 is 2.93 bits per heavy atom. The van der Waals surface area contributed by atoms with Crippen molar-refractivity contribution in [1.29, 1.82) is 0 Å². The maximum absolute atomic E-state index is 11.5. The molecule has 0 aromatic heterocycles. The van der Waals surface area contributed by atoms with Crippen LogP contribution in [0.3, 0.4) is 0 Å². The lowest BCUT2D eigenvalue weighted by Crippen LogP contribution is -2.28. The summed E-state index contributed by atoms with van der Waals surface area (Å²) in [5.74, 6) is 1.03. The zero-order valence-electron chi connectivity index (χ0n) is 8.82. The minimum atomic E-state index is 0.0127. The van der Waals surface area contributed by atoms with E-state index in [0.29, 0.717) is 0 Å². The Kier molecular flexibility index (Phi) is 4.01. The second kappa shape index (κ2) is 4.84. The molecule has 2 unspecified atom stereocenters. The molecular formula is C10H18N2OS. The molecule has 1 aliphatic rings. The summed E-state index contributed by atoms with van der Waals surface area (Å²) in [5.41, 5.74) is 6.81. The number of carbonyl (C=O) groups excluding carboxylic acids is 1. The van der Waals surface area contributed by atoms with Crippen molar-refractivity contribution in [2.75, 3.05) is 19.3 Å². The highest BCUT2D eigenvalue weighted by atomic mass is 32.2. The first-order valence-electron chi connectivity index (χ1n) is 4.80. The molecule has 0 spiro atoms. The van der Waals surface area contributed by atoms with Gasteiger partial charge in [-0.05, 0) is 13.3 Å². The average molecular weight is 214 g/mol. The molecule has 0 aliphatic carbocycles. The van der Waals surface area contributed by atoms with Gasteiger partial charge in [-0.2, -0.15) is 0 Å². The lowest BCUT2D eigenvalue weighted by atomic mass is 10.2. The molecule has 2 atom stereocenters. The van der Waals surface area contributed by atoms with Crippen molar-refractivity contribution in [3.8, 4) is 0 Å². The molecule has 2 N–H and O–H groups in total. The first-order valence-corrected chi connectivity index (χ1v) is 5.85. The van der Waals surface area contributed by atoms with Gasteiger partial charge >= 0.3 is 0 Å². The van der Waals surface area contributed by atoms with Crippen molar-refractivity contribution in [2.45, 2.75) is 24.6 Å². The summed E-state index contributed by atoms with van der Waals surface area (Å²) in [7, 11) is 1.85. The van der Waals surface area contributed by atoms with Gasteiger partial charge in [0.05, 0.1) is 5.25 Å². The standard InChI is InChI=1S/C10H18N2OS/c1-7(2)8(11)6-14-9-4-5-12(3)10(9)13/h8-9H,1,4-6,11H2,2-3H3. The third-order valence-electron chi connectivity index (χ3n) is 2.49. The fraction of sp³-hybridized carbons (Fsp3) is 0.700. The molecule has 1 aliphatic heterocycles. The first kappa shape index (κ1) is 11.6. The molecule has 1 heterocycles. The smallest absolute Gasteiger partial charge is 0.235 e. The van der Waals surface area contributed by atoms with Crippen LogP contribution in [0.1, 0.15) is 13.3 Å². The van der Waals surface area contributed by atoms with Gasteiger partial charge in [0.25, 0.3) is 0 Å². The van der Waals surface area contributed by atoms with Crippen LogP contribution in [0.2, 0.25) is 0 Å². The fourth-order valence-corrected chi connectivity index (χ4v) is 2.63. The van der Waals surface area contributed by atoms with Crippen molar-refractivity contribution < 1.29 is 4.79 Å². The number of nitrogens with zero attached hydrogens (tertiary/aromatic N) is 1. The molecule has 80 valence electrons. The Bertz CT molecular complexity index is 242. The summed E-state index contributed by atoms with van der Waals surface area (Å²) in [4.78, 5) is 13.3. The van der Waals surface area contributed by atoms with Crippen molar-refractivity contribution in [3.05, 3.63) is 12.2 Å². The minimum absolute atomic E-state index is 0.0127. The second-order valence-electron chi connectivity index (χ2n) is 3.82. The Morgan fingerprint density at radius 1 is 1.86 bits per heavy atom. The Morgan fingerprint density at radius 2 is 2.50 bits per heavy atom. The van der Waals surface area contributed by atoms with E-state index in [1.807, 2.05) is 14.0 Å². The van der Waals surface area contributed by atoms with Crippen LogP contribution in [-0.2, 0) is 4.79 Å². The normalized spacial score (nSPS) is 24.1. The quantitative estimate of drug-likeness (QED) is 0.706. The van der Waals surface area contributed by atoms with E-state index in [9.17, 15) is 4.79 Å². The van der Waals surface area contributed by atoms with Gasteiger partial charge in [-0.15, -0.1) is 11.8 Å². The average Bonchev–Trinajstić information content (AvgIpc) is 2.44. The van der Waals surface area contributed by atoms with Gasteiger partial charge in [0.1, 0.15) is 0 Å². The second-order valence-corrected chi connectivity index (χ2v) is 5.06. The molecule has 14 heavy (non-hydrogen) atoms. The van der Waals surface area contributed by atoms with Gasteiger partial charge in [0.15, 0.2) is 0 Å². The third-order valence-corrected chi connectivity index (χ3v) is 3.88. The topological polar surface area (TPSA) is 46.3 Å². The van der Waals surface area contributed by atoms with Crippen LogP contribution in [0.4, 0.5) is 0 Å². The van der Waals surface area contributed by atoms with Crippen LogP contribution in [0, 0.1) is 0 Å². The first-order chi connectivity index (χ1) is 6.52. The maximum Gasteiger partial charge on any atom is 0.235 e. The Labute approximate surface area is 89.7 Å². The monoisotopic (exact) mass is 214 g/mol. The van der Waals surface area contributed by atoms with Crippen molar-refractivity contribution in [3.63, 3.8) is 0 Å². The minimum Gasteiger partial charge on any atom is -0.345 e. The van der Waals surface area contributed by atoms with Gasteiger partial charge < -0.3 is 10.6 Å². The van der Waals surface area contributed by atoms with E-state index < -0.39 is 0 Å². The van der Waals surface area contributed by atoms with E-state index in [2.05, 4.69) is 6.58 Å². The SMILES string of the molecule is C=C(C)C(N)CSC1CCN(C)C1=O. The van der Waals surface area contributed by atoms with Crippen LogP contribution in [-0.4, -0.2) is 41.4 Å². The van der Waals surface area contributed by atoms with Crippen LogP contribution in [0.15, 0.2) is 12.2 Å². The number of hydrogen-bond acceptors (Lipinski definition) is 3. The Hall–Kier alpha value is -0.480. The summed E-state index contributed by atoms with van der Waals surface area (Å²) < 4.78 is 0. The van der Waals surface area contributed by atoms with Gasteiger partial charge in [-0.25, -0.2) is 0 Å². The van der Waals surface area contributed by atoms with Crippen molar-refractivity contribution >= 4 is 17.7 Å². The molecule has 0 aromatic carbocycles. The molecule has 0 bridgehead atoms. The number of nitrogens with two attached hydrogens (primary N) is 1. The largest absolute Gasteiger partial charge is 0.345 e. The van der Waals surface area contributed by atoms with Gasteiger partial charge in [0.2, 0.25) is 5.91 Å². The van der Waals surface area contributed by atoms with Crippen molar-refractivity contribution in [2.24, 2.45) is 5.73 Å². The van der Waals surface area contributed by atoms with E-state index in [-0.39, 0.29) is 17.2 Å². The number of amides is 1. The fourth-order valence-electron chi connectivity index (χ4n) is 1.31. The highest BCUT2D eigenvalue weighted by Gasteiger charge is 2.29. The number of rotatable bonds is 4. The van der Waals surface area contributed by atoms with E-state index in [1.54, 1.807) is 16.7 Å². The predicted molar refractivity (Wildman–Crippen MR) is 61.3 cm³/mol. The Balaban J connectivity index is 2.32. The van der Waals surface area contributed by atoms with Crippen molar-refractivity contribution in [1.82, 2.24) is 4.90 Å². The van der Waals surface area contributed by atoms with E-state index >= 15 is 0 Å². The molecular weight excluding hydrogens is 196 g/mol. The molecule has 1 rings (SSSR count). The number of carbonyl (C=O) groups is 1. The summed E-state index contributed by atoms with van der Waals surface area (Å²) in [6.07, 6.45) is 0.947. The zero-order chi connectivity index (χ0) is 10.7. The van der Waals surface area contributed by atoms with Gasteiger partial charge in [-0.3, -0.25) is 4.79 Å². The van der Waals surface area contributed by atoms with Crippen LogP contribution in [0.5, 0.6) is 0 Å². The van der Waals surface area contributed by atoms with E-state index in [1.165, 1.54) is 0 Å². The third kappa shape index (κ3) is 2.75. The molecule has 1 amide bonds. The van der Waals surface area contributed by atoms with E-state index in [4.69, 9.17) is 5.73 Å². The molecule has 1 fully saturated rings. The maximum atomic E-state index is 11.5. The summed E-state index contributed by atoms with van der Waals surface area (Å²) in [6.45, 7) is 6.60. The molecule has 0 saturated carbocycles. The van der Waals surface area contributed by atoms with Gasteiger partial charge in [0, 0.05) is 25.4 Å². The number of thioether (sulfide) groups is 1. The zero-order valence-corrected chi connectivity index (χ0v) is 9.64. The number of hydrogen-bond donors (Lipinski definition) is 1. The highest BCUT2D eigenvalue weighted by molar-refractivity contribution is 8.00. The highest BCUT2D eigenvalue weighted by Crippen LogP contribution is 2.23. The molecule has 0 aromatic rings. The van der Waals surface area contributed by atoms with Crippen LogP contribution in [0.25, 0.3) is 0 Å². The summed E-state index contributed by atoms with van der Waals surface area (Å²) in [6, 6.07) is 0.0127. The lowest BCUT2D eigenvalue weighted by Gasteiger charge is -2.14. The lowest BCUT2D eigenvalue weighted by molar-refractivity contribution is -0.126. The van der Waals surface area contributed by atoms with E-state index in [0.717, 1.165) is 24.3 Å². The summed E-state index contributed by atoms with van der Waals surface area (Å²) >= 11 is 1.66. The van der Waals surface area contributed by atoms with Crippen LogP contribution >= 0.6 is 11.8 Å². The van der Waals surface area contributed by atoms with Crippen LogP contribution < -0.4 is 5.73 Å². The molecule has 1 saturated heterocycles. The predicted octanol–water partition coefficient (Wildman–Crippen LogP) is 0.854. The molecule has 4 heteroatoms.